The third-order valence-electron chi connectivity index (χ3n) is 5.69. The molecule has 29 heavy (non-hydrogen) atoms. The number of primary amides is 1. The minimum Gasteiger partial charge on any atom is -0.493 e. The van der Waals surface area contributed by atoms with E-state index in [1.807, 2.05) is 30.3 Å². The van der Waals surface area contributed by atoms with Crippen LogP contribution in [0.1, 0.15) is 36.8 Å². The second kappa shape index (κ2) is 11.0. The lowest BCUT2D eigenvalue weighted by atomic mass is 9.96. The Morgan fingerprint density at radius 3 is 2.48 bits per heavy atom. The van der Waals surface area contributed by atoms with Crippen LogP contribution in [-0.2, 0) is 17.6 Å². The van der Waals surface area contributed by atoms with Gasteiger partial charge in [0.15, 0.2) is 0 Å². The summed E-state index contributed by atoms with van der Waals surface area (Å²) in [6.45, 7) is 3.66. The number of amides is 1. The van der Waals surface area contributed by atoms with Gasteiger partial charge in [0.2, 0.25) is 5.91 Å². The van der Waals surface area contributed by atoms with Gasteiger partial charge in [-0.1, -0.05) is 30.3 Å². The van der Waals surface area contributed by atoms with E-state index in [0.717, 1.165) is 69.5 Å². The van der Waals surface area contributed by atoms with E-state index in [-0.39, 0.29) is 17.6 Å². The first-order chi connectivity index (χ1) is 14.1. The molecule has 2 aromatic carbocycles. The standard InChI is InChI=1S/C24H31FN2O2/c25-22-11-8-19(9-12-22)7-10-20-5-1-2-6-23(20)29-18-4-3-15-27-16-13-21(14-17-27)24(26)28/h1-2,5-6,8-9,11-12,21H,3-4,7,10,13-18H2,(H2,26,28). The molecule has 3 rings (SSSR count). The number of hydrogen-bond acceptors (Lipinski definition) is 3. The molecule has 0 aliphatic carbocycles. The molecule has 0 radical (unpaired) electrons. The molecule has 1 amide bonds. The Hall–Kier alpha value is -2.40. The van der Waals surface area contributed by atoms with E-state index in [1.54, 1.807) is 0 Å². The molecule has 1 fully saturated rings. The monoisotopic (exact) mass is 398 g/mol. The highest BCUT2D eigenvalue weighted by Crippen LogP contribution is 2.21. The number of carbonyl (C=O) groups excluding carboxylic acids is 1. The molecule has 2 N–H and O–H groups in total. The Balaban J connectivity index is 1.36. The zero-order chi connectivity index (χ0) is 20.5. The van der Waals surface area contributed by atoms with Gasteiger partial charge in [-0.3, -0.25) is 4.79 Å². The summed E-state index contributed by atoms with van der Waals surface area (Å²) in [6, 6.07) is 14.8. The lowest BCUT2D eigenvalue weighted by Gasteiger charge is -2.30. The molecule has 0 atom stereocenters. The van der Waals surface area contributed by atoms with Crippen molar-refractivity contribution in [1.82, 2.24) is 4.90 Å². The zero-order valence-electron chi connectivity index (χ0n) is 17.0. The molecule has 4 nitrogen and oxygen atoms in total. The van der Waals surface area contributed by atoms with Gasteiger partial charge in [0.05, 0.1) is 6.61 Å². The second-order valence-electron chi connectivity index (χ2n) is 7.81. The third-order valence-corrected chi connectivity index (χ3v) is 5.69. The summed E-state index contributed by atoms with van der Waals surface area (Å²) in [4.78, 5) is 13.6. The molecule has 1 aliphatic rings. The Kier molecular flexibility index (Phi) is 8.05. The van der Waals surface area contributed by atoms with E-state index in [9.17, 15) is 9.18 Å². The van der Waals surface area contributed by atoms with Gasteiger partial charge < -0.3 is 15.4 Å². The molecule has 156 valence electrons. The number of aryl methyl sites for hydroxylation is 2. The summed E-state index contributed by atoms with van der Waals surface area (Å²) >= 11 is 0. The fraction of sp³-hybridized carbons (Fsp3) is 0.458. The van der Waals surface area contributed by atoms with Crippen molar-refractivity contribution >= 4 is 5.91 Å². The van der Waals surface area contributed by atoms with Crippen LogP contribution in [0.25, 0.3) is 0 Å². The summed E-state index contributed by atoms with van der Waals surface area (Å²) in [7, 11) is 0. The fourth-order valence-electron chi connectivity index (χ4n) is 3.84. The first-order valence-electron chi connectivity index (χ1n) is 10.6. The van der Waals surface area contributed by atoms with Gasteiger partial charge in [-0.25, -0.2) is 4.39 Å². The highest BCUT2D eigenvalue weighted by Gasteiger charge is 2.22. The summed E-state index contributed by atoms with van der Waals surface area (Å²) in [5, 5.41) is 0. The van der Waals surface area contributed by atoms with Crippen molar-refractivity contribution < 1.29 is 13.9 Å². The zero-order valence-corrected chi connectivity index (χ0v) is 17.0. The average molecular weight is 399 g/mol. The van der Waals surface area contributed by atoms with Crippen LogP contribution in [-0.4, -0.2) is 37.0 Å². The van der Waals surface area contributed by atoms with Crippen LogP contribution in [0.4, 0.5) is 4.39 Å². The number of piperidine rings is 1. The Morgan fingerprint density at radius 1 is 1.03 bits per heavy atom. The first-order valence-corrected chi connectivity index (χ1v) is 10.6. The molecular formula is C24H31FN2O2. The van der Waals surface area contributed by atoms with Gasteiger partial charge in [0, 0.05) is 5.92 Å². The quantitative estimate of drug-likeness (QED) is 0.616. The van der Waals surface area contributed by atoms with E-state index >= 15 is 0 Å². The number of likely N-dealkylation sites (tertiary alicyclic amines) is 1. The van der Waals surface area contributed by atoms with Crippen molar-refractivity contribution in [3.63, 3.8) is 0 Å². The smallest absolute Gasteiger partial charge is 0.220 e. The SMILES string of the molecule is NC(=O)C1CCN(CCCCOc2ccccc2CCc2ccc(F)cc2)CC1. The Labute approximate surface area is 172 Å². The normalized spacial score (nSPS) is 15.3. The molecule has 5 heteroatoms. The maximum absolute atomic E-state index is 13.0. The minimum absolute atomic E-state index is 0.0565. The van der Waals surface area contributed by atoms with E-state index in [1.165, 1.54) is 17.7 Å². The molecule has 1 aliphatic heterocycles. The molecule has 0 bridgehead atoms. The first kappa shape index (κ1) is 21.3. The predicted octanol–water partition coefficient (Wildman–Crippen LogP) is 3.97. The van der Waals surface area contributed by atoms with Crippen LogP contribution in [0, 0.1) is 11.7 Å². The molecule has 0 aromatic heterocycles. The lowest BCUT2D eigenvalue weighted by molar-refractivity contribution is -0.123. The summed E-state index contributed by atoms with van der Waals surface area (Å²) in [5.41, 5.74) is 7.70. The fourth-order valence-corrected chi connectivity index (χ4v) is 3.84. The molecule has 0 unspecified atom stereocenters. The number of nitrogens with two attached hydrogens (primary N) is 1. The number of nitrogens with zero attached hydrogens (tertiary/aromatic N) is 1. The second-order valence-corrected chi connectivity index (χ2v) is 7.81. The molecule has 0 saturated carbocycles. The van der Waals surface area contributed by atoms with Crippen molar-refractivity contribution in [2.75, 3.05) is 26.2 Å². The number of para-hydroxylation sites is 1. The number of unbranched alkanes of at least 4 members (excludes halogenated alkanes) is 1. The average Bonchev–Trinajstić information content (AvgIpc) is 2.74. The van der Waals surface area contributed by atoms with Gasteiger partial charge in [-0.2, -0.15) is 0 Å². The van der Waals surface area contributed by atoms with Crippen molar-refractivity contribution in [3.8, 4) is 5.75 Å². The van der Waals surface area contributed by atoms with Gasteiger partial charge >= 0.3 is 0 Å². The predicted molar refractivity (Wildman–Crippen MR) is 113 cm³/mol. The minimum atomic E-state index is -0.199. The van der Waals surface area contributed by atoms with Crippen molar-refractivity contribution in [2.24, 2.45) is 11.7 Å². The number of rotatable bonds is 10. The maximum atomic E-state index is 13.0. The van der Waals surface area contributed by atoms with Crippen molar-refractivity contribution in [3.05, 3.63) is 65.5 Å². The van der Waals surface area contributed by atoms with Crippen LogP contribution in [0.2, 0.25) is 0 Å². The Morgan fingerprint density at radius 2 is 1.76 bits per heavy atom. The Bertz CT molecular complexity index is 771. The van der Waals surface area contributed by atoms with E-state index < -0.39 is 0 Å². The number of benzene rings is 2. The van der Waals surface area contributed by atoms with Crippen LogP contribution in [0.3, 0.4) is 0 Å². The highest BCUT2D eigenvalue weighted by atomic mass is 19.1. The number of ether oxygens (including phenoxy) is 1. The summed E-state index contributed by atoms with van der Waals surface area (Å²) < 4.78 is 19.1. The molecule has 2 aromatic rings. The summed E-state index contributed by atoms with van der Waals surface area (Å²) in [5.74, 6) is 0.642. The van der Waals surface area contributed by atoms with E-state index in [0.29, 0.717) is 6.61 Å². The van der Waals surface area contributed by atoms with E-state index in [2.05, 4.69) is 11.0 Å². The van der Waals surface area contributed by atoms with Gasteiger partial charge in [0.25, 0.3) is 0 Å². The summed E-state index contributed by atoms with van der Waals surface area (Å²) in [6.07, 6.45) is 5.58. The van der Waals surface area contributed by atoms with E-state index in [4.69, 9.17) is 10.5 Å². The maximum Gasteiger partial charge on any atom is 0.220 e. The topological polar surface area (TPSA) is 55.6 Å². The molecule has 1 heterocycles. The molecule has 1 saturated heterocycles. The van der Waals surface area contributed by atoms with Crippen molar-refractivity contribution in [2.45, 2.75) is 38.5 Å². The highest BCUT2D eigenvalue weighted by molar-refractivity contribution is 5.76. The third kappa shape index (κ3) is 6.86. The van der Waals surface area contributed by atoms with Gasteiger partial charge in [-0.05, 0) is 87.5 Å². The largest absolute Gasteiger partial charge is 0.493 e. The molecular weight excluding hydrogens is 367 g/mol. The van der Waals surface area contributed by atoms with Crippen LogP contribution in [0.15, 0.2) is 48.5 Å². The van der Waals surface area contributed by atoms with Crippen LogP contribution >= 0.6 is 0 Å². The van der Waals surface area contributed by atoms with Crippen LogP contribution in [0.5, 0.6) is 5.75 Å². The van der Waals surface area contributed by atoms with Gasteiger partial charge in [-0.15, -0.1) is 0 Å². The van der Waals surface area contributed by atoms with Crippen molar-refractivity contribution in [1.29, 1.82) is 0 Å². The lowest BCUT2D eigenvalue weighted by Crippen LogP contribution is -2.38. The van der Waals surface area contributed by atoms with Gasteiger partial charge in [0.1, 0.15) is 11.6 Å². The number of carbonyl (C=O) groups is 1. The molecule has 0 spiro atoms. The number of hydrogen-bond donors (Lipinski definition) is 1. The number of halogens is 1. The van der Waals surface area contributed by atoms with Crippen LogP contribution < -0.4 is 10.5 Å².